The Morgan fingerprint density at radius 2 is 2.00 bits per heavy atom. The van der Waals surface area contributed by atoms with Crippen molar-refractivity contribution in [2.45, 2.75) is 0 Å². The Balaban J connectivity index is 1.95. The van der Waals surface area contributed by atoms with Gasteiger partial charge in [-0.05, 0) is 52.3 Å². The van der Waals surface area contributed by atoms with Crippen molar-refractivity contribution in [3.63, 3.8) is 0 Å². The van der Waals surface area contributed by atoms with Gasteiger partial charge in [0.1, 0.15) is 17.0 Å². The van der Waals surface area contributed by atoms with Gasteiger partial charge >= 0.3 is 0 Å². The number of methoxy groups -OCH3 is 1. The van der Waals surface area contributed by atoms with Crippen LogP contribution >= 0.6 is 15.9 Å². The summed E-state index contributed by atoms with van der Waals surface area (Å²) in [7, 11) is 1.62. The molecule has 1 heterocycles. The molecule has 0 spiro atoms. The summed E-state index contributed by atoms with van der Waals surface area (Å²) in [6.45, 7) is 1.03. The standard InChI is InChI=1S/C15H15BrN2O3/c1-20-8-9-21-13-4-2-12(3-5-13)18-15(19)11-6-7-17-14(16)10-11/h2-7,10H,8-9H2,1H3,(H,18,19). The number of aromatic nitrogens is 1. The van der Waals surface area contributed by atoms with Crippen molar-refractivity contribution in [2.24, 2.45) is 0 Å². The third-order valence-corrected chi connectivity index (χ3v) is 3.09. The number of nitrogens with zero attached hydrogens (tertiary/aromatic N) is 1. The van der Waals surface area contributed by atoms with Gasteiger partial charge in [-0.2, -0.15) is 0 Å². The third-order valence-electron chi connectivity index (χ3n) is 2.66. The Labute approximate surface area is 131 Å². The van der Waals surface area contributed by atoms with Crippen LogP contribution in [0.5, 0.6) is 5.75 Å². The molecule has 0 saturated carbocycles. The molecule has 0 aliphatic rings. The molecule has 0 radical (unpaired) electrons. The molecule has 2 aromatic rings. The fourth-order valence-electron chi connectivity index (χ4n) is 1.62. The summed E-state index contributed by atoms with van der Waals surface area (Å²) in [5.41, 5.74) is 1.24. The number of carbonyl (C=O) groups excluding carboxylic acids is 1. The van der Waals surface area contributed by atoms with Gasteiger partial charge in [0.05, 0.1) is 6.61 Å². The first-order valence-electron chi connectivity index (χ1n) is 6.34. The van der Waals surface area contributed by atoms with Crippen LogP contribution < -0.4 is 10.1 Å². The Morgan fingerprint density at radius 1 is 1.24 bits per heavy atom. The van der Waals surface area contributed by atoms with E-state index in [2.05, 4.69) is 26.2 Å². The van der Waals surface area contributed by atoms with Crippen molar-refractivity contribution < 1.29 is 14.3 Å². The van der Waals surface area contributed by atoms with Crippen LogP contribution in [-0.2, 0) is 4.74 Å². The number of benzene rings is 1. The monoisotopic (exact) mass is 350 g/mol. The summed E-state index contributed by atoms with van der Waals surface area (Å²) in [6, 6.07) is 10.5. The summed E-state index contributed by atoms with van der Waals surface area (Å²) >= 11 is 3.24. The first-order valence-corrected chi connectivity index (χ1v) is 7.13. The van der Waals surface area contributed by atoms with Crippen LogP contribution in [0.4, 0.5) is 5.69 Å². The van der Waals surface area contributed by atoms with Crippen LogP contribution in [0.3, 0.4) is 0 Å². The number of ether oxygens (including phenoxy) is 2. The largest absolute Gasteiger partial charge is 0.491 e. The van der Waals surface area contributed by atoms with Crippen molar-refractivity contribution in [2.75, 3.05) is 25.6 Å². The lowest BCUT2D eigenvalue weighted by Gasteiger charge is -2.08. The minimum Gasteiger partial charge on any atom is -0.491 e. The zero-order valence-corrected chi connectivity index (χ0v) is 13.1. The first-order chi connectivity index (χ1) is 10.2. The average Bonchev–Trinajstić information content (AvgIpc) is 2.49. The van der Waals surface area contributed by atoms with E-state index in [1.807, 2.05) is 0 Å². The molecule has 0 aliphatic heterocycles. The van der Waals surface area contributed by atoms with Gasteiger partial charge in [-0.25, -0.2) is 4.98 Å². The number of carbonyl (C=O) groups is 1. The highest BCUT2D eigenvalue weighted by atomic mass is 79.9. The molecule has 0 fully saturated rings. The maximum absolute atomic E-state index is 12.1. The normalized spacial score (nSPS) is 10.2. The van der Waals surface area contributed by atoms with Crippen LogP contribution in [0.2, 0.25) is 0 Å². The number of hydrogen-bond donors (Lipinski definition) is 1. The molecule has 0 unspecified atom stereocenters. The number of nitrogens with one attached hydrogen (secondary N) is 1. The van der Waals surface area contributed by atoms with E-state index >= 15 is 0 Å². The lowest BCUT2D eigenvalue weighted by molar-refractivity contribution is 0.102. The van der Waals surface area contributed by atoms with Gasteiger partial charge in [-0.15, -0.1) is 0 Å². The maximum atomic E-state index is 12.1. The van der Waals surface area contributed by atoms with Crippen molar-refractivity contribution in [3.8, 4) is 5.75 Å². The predicted octanol–water partition coefficient (Wildman–Crippen LogP) is 3.12. The smallest absolute Gasteiger partial charge is 0.255 e. The van der Waals surface area contributed by atoms with E-state index in [0.717, 1.165) is 5.75 Å². The number of anilines is 1. The summed E-state index contributed by atoms with van der Waals surface area (Å²) in [6.07, 6.45) is 1.58. The van der Waals surface area contributed by atoms with Gasteiger partial charge in [0.2, 0.25) is 0 Å². The number of halogens is 1. The van der Waals surface area contributed by atoms with Gasteiger partial charge in [-0.3, -0.25) is 4.79 Å². The molecule has 0 aliphatic carbocycles. The van der Waals surface area contributed by atoms with E-state index in [4.69, 9.17) is 9.47 Å². The second-order valence-electron chi connectivity index (χ2n) is 4.19. The molecule has 21 heavy (non-hydrogen) atoms. The second-order valence-corrected chi connectivity index (χ2v) is 5.00. The first kappa shape index (κ1) is 15.5. The molecular weight excluding hydrogens is 336 g/mol. The molecule has 1 N–H and O–H groups in total. The van der Waals surface area contributed by atoms with Crippen LogP contribution in [0.25, 0.3) is 0 Å². The number of amides is 1. The molecule has 1 aromatic heterocycles. The van der Waals surface area contributed by atoms with Crippen LogP contribution in [-0.4, -0.2) is 31.2 Å². The average molecular weight is 351 g/mol. The summed E-state index contributed by atoms with van der Waals surface area (Å²) < 4.78 is 11.0. The molecule has 5 nitrogen and oxygen atoms in total. The van der Waals surface area contributed by atoms with Gasteiger partial charge in [0, 0.05) is 24.6 Å². The van der Waals surface area contributed by atoms with E-state index in [-0.39, 0.29) is 5.91 Å². The highest BCUT2D eigenvalue weighted by Crippen LogP contribution is 2.17. The fourth-order valence-corrected chi connectivity index (χ4v) is 1.99. The van der Waals surface area contributed by atoms with Gasteiger partial charge < -0.3 is 14.8 Å². The van der Waals surface area contributed by atoms with E-state index < -0.39 is 0 Å². The molecule has 2 rings (SSSR count). The summed E-state index contributed by atoms with van der Waals surface area (Å²) in [5.74, 6) is 0.544. The van der Waals surface area contributed by atoms with Crippen molar-refractivity contribution in [3.05, 3.63) is 52.8 Å². The van der Waals surface area contributed by atoms with Crippen LogP contribution in [0, 0.1) is 0 Å². The number of rotatable bonds is 6. The molecule has 110 valence electrons. The number of hydrogen-bond acceptors (Lipinski definition) is 4. The fraction of sp³-hybridized carbons (Fsp3) is 0.200. The molecule has 0 atom stereocenters. The molecule has 0 saturated heterocycles. The van der Waals surface area contributed by atoms with Gasteiger partial charge in [-0.1, -0.05) is 0 Å². The predicted molar refractivity (Wildman–Crippen MR) is 83.7 cm³/mol. The van der Waals surface area contributed by atoms with Crippen molar-refractivity contribution in [1.29, 1.82) is 0 Å². The Kier molecular flexibility index (Phi) is 5.71. The SMILES string of the molecule is COCCOc1ccc(NC(=O)c2ccnc(Br)c2)cc1. The molecule has 1 amide bonds. The van der Waals surface area contributed by atoms with Crippen molar-refractivity contribution >= 4 is 27.5 Å². The van der Waals surface area contributed by atoms with Gasteiger partial charge in [0.15, 0.2) is 0 Å². The maximum Gasteiger partial charge on any atom is 0.255 e. The van der Waals surface area contributed by atoms with Crippen LogP contribution in [0.15, 0.2) is 47.2 Å². The number of pyridine rings is 1. The Morgan fingerprint density at radius 3 is 2.67 bits per heavy atom. The minimum absolute atomic E-state index is 0.189. The van der Waals surface area contributed by atoms with E-state index in [1.54, 1.807) is 49.7 Å². The van der Waals surface area contributed by atoms with Crippen molar-refractivity contribution in [1.82, 2.24) is 4.98 Å². The minimum atomic E-state index is -0.189. The summed E-state index contributed by atoms with van der Waals surface area (Å²) in [5, 5.41) is 2.81. The summed E-state index contributed by atoms with van der Waals surface area (Å²) in [4.78, 5) is 16.0. The lowest BCUT2D eigenvalue weighted by atomic mass is 10.2. The van der Waals surface area contributed by atoms with E-state index in [1.165, 1.54) is 0 Å². The molecule has 1 aromatic carbocycles. The molecular formula is C15H15BrN2O3. The Bertz CT molecular complexity index is 602. The highest BCUT2D eigenvalue weighted by molar-refractivity contribution is 9.10. The quantitative estimate of drug-likeness (QED) is 0.642. The lowest BCUT2D eigenvalue weighted by Crippen LogP contribution is -2.12. The van der Waals surface area contributed by atoms with Crippen LogP contribution in [0.1, 0.15) is 10.4 Å². The zero-order valence-electron chi connectivity index (χ0n) is 11.5. The second kappa shape index (κ2) is 7.75. The third kappa shape index (κ3) is 4.84. The van der Waals surface area contributed by atoms with E-state index in [0.29, 0.717) is 29.1 Å². The molecule has 0 bridgehead atoms. The zero-order chi connectivity index (χ0) is 15.1. The highest BCUT2D eigenvalue weighted by Gasteiger charge is 2.06. The van der Waals surface area contributed by atoms with E-state index in [9.17, 15) is 4.79 Å². The topological polar surface area (TPSA) is 60.5 Å². The van der Waals surface area contributed by atoms with Gasteiger partial charge in [0.25, 0.3) is 5.91 Å². The molecule has 6 heteroatoms. The Hall–Kier alpha value is -1.92.